The predicted octanol–water partition coefficient (Wildman–Crippen LogP) is 2.51. The second-order valence-electron chi connectivity index (χ2n) is 8.50. The second-order valence-corrected chi connectivity index (χ2v) is 8.50. The highest BCUT2D eigenvalue weighted by molar-refractivity contribution is 6.08. The molecule has 31 heavy (non-hydrogen) atoms. The van der Waals surface area contributed by atoms with Gasteiger partial charge in [-0.3, -0.25) is 9.69 Å². The Morgan fingerprint density at radius 2 is 1.65 bits per heavy atom. The highest BCUT2D eigenvalue weighted by Gasteiger charge is 2.68. The summed E-state index contributed by atoms with van der Waals surface area (Å²) in [5.74, 6) is -1.37. The van der Waals surface area contributed by atoms with Gasteiger partial charge in [-0.2, -0.15) is 13.2 Å². The maximum absolute atomic E-state index is 14.0. The lowest BCUT2D eigenvalue weighted by Crippen LogP contribution is -2.56. The molecule has 2 saturated heterocycles. The Hall–Kier alpha value is -2.82. The third kappa shape index (κ3) is 4.46. The van der Waals surface area contributed by atoms with Gasteiger partial charge in [0, 0.05) is 26.2 Å². The normalized spacial score (nSPS) is 23.2. The molecule has 2 fully saturated rings. The number of nitrogens with one attached hydrogen (secondary N) is 1. The van der Waals surface area contributed by atoms with Gasteiger partial charge in [0.1, 0.15) is 5.60 Å². The van der Waals surface area contributed by atoms with Gasteiger partial charge >= 0.3 is 18.3 Å². The number of hydrogen-bond donors (Lipinski definition) is 1. The highest BCUT2D eigenvalue weighted by atomic mass is 19.4. The molecule has 1 aromatic carbocycles. The summed E-state index contributed by atoms with van der Waals surface area (Å²) in [5, 5.41) is 1.87. The number of carbonyl (C=O) groups is 3. The third-order valence-corrected chi connectivity index (χ3v) is 5.10. The topological polar surface area (TPSA) is 82.2 Å². The average molecular weight is 442 g/mol. The van der Waals surface area contributed by atoms with E-state index in [1.165, 1.54) is 23.1 Å². The van der Waals surface area contributed by atoms with Crippen molar-refractivity contribution in [3.8, 4) is 0 Å². The molecule has 3 rings (SSSR count). The maximum Gasteiger partial charge on any atom is 0.425 e. The molecular weight excluding hydrogens is 417 g/mol. The molecule has 2 aliphatic heterocycles. The fourth-order valence-corrected chi connectivity index (χ4v) is 3.54. The minimum Gasteiger partial charge on any atom is -0.444 e. The van der Waals surface area contributed by atoms with E-state index in [4.69, 9.17) is 4.74 Å². The number of piperazine rings is 1. The second kappa shape index (κ2) is 8.03. The summed E-state index contributed by atoms with van der Waals surface area (Å²) >= 11 is 0. The first-order valence-electron chi connectivity index (χ1n) is 9.82. The zero-order chi connectivity index (χ0) is 23.0. The number of imide groups is 1. The summed E-state index contributed by atoms with van der Waals surface area (Å²) in [7, 11) is 0. The van der Waals surface area contributed by atoms with Crippen molar-refractivity contribution in [2.24, 2.45) is 0 Å². The van der Waals surface area contributed by atoms with Crippen LogP contribution in [0.5, 0.6) is 0 Å². The van der Waals surface area contributed by atoms with Gasteiger partial charge in [-0.15, -0.1) is 0 Å². The monoisotopic (exact) mass is 442 g/mol. The number of halogens is 3. The van der Waals surface area contributed by atoms with Gasteiger partial charge in [0.2, 0.25) is 5.54 Å². The van der Waals surface area contributed by atoms with Crippen molar-refractivity contribution in [1.29, 1.82) is 0 Å². The molecule has 0 spiro atoms. The molecule has 1 N–H and O–H groups in total. The third-order valence-electron chi connectivity index (χ3n) is 5.10. The Labute approximate surface area is 177 Å². The van der Waals surface area contributed by atoms with E-state index >= 15 is 0 Å². The minimum atomic E-state index is -5.02. The lowest BCUT2D eigenvalue weighted by molar-refractivity contribution is -0.198. The standard InChI is InChI=1S/C20H25F3N4O4/c1-18(2,3)31-17(30)26-11-9-25(10-12-26)13-27-15(28)19(20(21,22)23,24-16(27)29)14-7-5-4-6-8-14/h4-8H,9-13H2,1-3H3,(H,24,29). The SMILES string of the molecule is CC(C)(C)OC(=O)N1CCN(CN2C(=O)NC(c3ccccc3)(C(F)(F)F)C2=O)CC1. The van der Waals surface area contributed by atoms with Gasteiger partial charge in [0.15, 0.2) is 0 Å². The fourth-order valence-electron chi connectivity index (χ4n) is 3.54. The molecule has 1 atom stereocenters. The number of amides is 4. The largest absolute Gasteiger partial charge is 0.444 e. The number of ether oxygens (including phenoxy) is 1. The van der Waals surface area contributed by atoms with Gasteiger partial charge in [-0.05, 0) is 26.3 Å². The van der Waals surface area contributed by atoms with Crippen molar-refractivity contribution in [2.45, 2.75) is 38.1 Å². The molecule has 1 unspecified atom stereocenters. The van der Waals surface area contributed by atoms with Gasteiger partial charge in [0.05, 0.1) is 6.67 Å². The number of nitrogens with zero attached hydrogens (tertiary/aromatic N) is 3. The molecule has 2 aliphatic rings. The van der Waals surface area contributed by atoms with Crippen LogP contribution >= 0.6 is 0 Å². The van der Waals surface area contributed by atoms with Crippen LogP contribution in [0.2, 0.25) is 0 Å². The Morgan fingerprint density at radius 3 is 2.16 bits per heavy atom. The van der Waals surface area contributed by atoms with Crippen LogP contribution in [0.1, 0.15) is 26.3 Å². The maximum atomic E-state index is 14.0. The van der Waals surface area contributed by atoms with E-state index in [0.717, 1.165) is 12.1 Å². The Balaban J connectivity index is 1.71. The van der Waals surface area contributed by atoms with Crippen LogP contribution in [0.3, 0.4) is 0 Å². The molecule has 4 amide bonds. The summed E-state index contributed by atoms with van der Waals surface area (Å²) in [4.78, 5) is 41.2. The minimum absolute atomic E-state index is 0.266. The van der Waals surface area contributed by atoms with Crippen LogP contribution in [0.4, 0.5) is 22.8 Å². The van der Waals surface area contributed by atoms with Crippen molar-refractivity contribution in [3.05, 3.63) is 35.9 Å². The summed E-state index contributed by atoms with van der Waals surface area (Å²) in [6.07, 6.45) is -5.51. The summed E-state index contributed by atoms with van der Waals surface area (Å²) < 4.78 is 47.4. The van der Waals surface area contributed by atoms with Crippen molar-refractivity contribution < 1.29 is 32.3 Å². The fraction of sp³-hybridized carbons (Fsp3) is 0.550. The molecule has 0 bridgehead atoms. The first kappa shape index (κ1) is 22.9. The Morgan fingerprint density at radius 1 is 1.06 bits per heavy atom. The number of alkyl halides is 3. The lowest BCUT2D eigenvalue weighted by Gasteiger charge is -2.36. The van der Waals surface area contributed by atoms with Gasteiger partial charge < -0.3 is 15.0 Å². The molecule has 8 nitrogen and oxygen atoms in total. The van der Waals surface area contributed by atoms with E-state index in [2.05, 4.69) is 0 Å². The molecule has 0 saturated carbocycles. The van der Waals surface area contributed by atoms with Crippen LogP contribution in [0, 0.1) is 0 Å². The van der Waals surface area contributed by atoms with Gasteiger partial charge in [-0.1, -0.05) is 30.3 Å². The van der Waals surface area contributed by atoms with E-state index < -0.39 is 35.3 Å². The zero-order valence-electron chi connectivity index (χ0n) is 17.5. The zero-order valence-corrected chi connectivity index (χ0v) is 17.5. The Bertz CT molecular complexity index is 848. The molecule has 2 heterocycles. The van der Waals surface area contributed by atoms with Crippen molar-refractivity contribution in [2.75, 3.05) is 32.8 Å². The number of hydrogen-bond acceptors (Lipinski definition) is 5. The van der Waals surface area contributed by atoms with Crippen LogP contribution < -0.4 is 5.32 Å². The van der Waals surface area contributed by atoms with Crippen molar-refractivity contribution >= 4 is 18.0 Å². The smallest absolute Gasteiger partial charge is 0.425 e. The van der Waals surface area contributed by atoms with Crippen LogP contribution in [0.25, 0.3) is 0 Å². The molecule has 0 aliphatic carbocycles. The molecule has 0 aromatic heterocycles. The van der Waals surface area contributed by atoms with E-state index in [1.807, 2.05) is 5.32 Å². The van der Waals surface area contributed by atoms with Crippen LogP contribution in [-0.4, -0.2) is 77.4 Å². The van der Waals surface area contributed by atoms with Crippen LogP contribution in [-0.2, 0) is 15.1 Å². The first-order valence-corrected chi connectivity index (χ1v) is 9.82. The first-order chi connectivity index (χ1) is 14.3. The summed E-state index contributed by atoms with van der Waals surface area (Å²) in [5.41, 5.74) is -4.12. The van der Waals surface area contributed by atoms with E-state index in [1.54, 1.807) is 25.7 Å². The van der Waals surface area contributed by atoms with Gasteiger partial charge in [0.25, 0.3) is 5.91 Å². The lowest BCUT2D eigenvalue weighted by atomic mass is 9.89. The Kier molecular flexibility index (Phi) is 5.92. The number of carbonyl (C=O) groups excluding carboxylic acids is 3. The van der Waals surface area contributed by atoms with Crippen LogP contribution in [0.15, 0.2) is 30.3 Å². The average Bonchev–Trinajstić information content (AvgIpc) is 2.93. The number of rotatable bonds is 3. The van der Waals surface area contributed by atoms with Crippen molar-refractivity contribution in [1.82, 2.24) is 20.0 Å². The predicted molar refractivity (Wildman–Crippen MR) is 104 cm³/mol. The molecule has 11 heteroatoms. The van der Waals surface area contributed by atoms with Crippen molar-refractivity contribution in [3.63, 3.8) is 0 Å². The molecular formula is C20H25F3N4O4. The van der Waals surface area contributed by atoms with Gasteiger partial charge in [-0.25, -0.2) is 14.5 Å². The quantitative estimate of drug-likeness (QED) is 0.728. The van der Waals surface area contributed by atoms with E-state index in [0.29, 0.717) is 4.90 Å². The summed E-state index contributed by atoms with van der Waals surface area (Å²) in [6, 6.07) is 5.49. The summed E-state index contributed by atoms with van der Waals surface area (Å²) in [6.45, 7) is 6.03. The number of urea groups is 1. The van der Waals surface area contributed by atoms with E-state index in [-0.39, 0.29) is 38.4 Å². The molecule has 1 aromatic rings. The highest BCUT2D eigenvalue weighted by Crippen LogP contribution is 2.43. The van der Waals surface area contributed by atoms with E-state index in [9.17, 15) is 27.6 Å². The molecule has 170 valence electrons. The number of benzene rings is 1. The molecule has 0 radical (unpaired) electrons.